The summed E-state index contributed by atoms with van der Waals surface area (Å²) in [5, 5.41) is 0. The fraction of sp³-hybridized carbons (Fsp3) is 1.00. The van der Waals surface area contributed by atoms with Gasteiger partial charge in [0.05, 0.1) is 0 Å². The third kappa shape index (κ3) is 2.10. The molecule has 0 spiro atoms. The molecule has 2 saturated heterocycles. The maximum Gasteiger partial charge on any atom is 0.0145 e. The van der Waals surface area contributed by atoms with E-state index in [2.05, 4.69) is 16.8 Å². The molecule has 3 atom stereocenters. The SMILES string of the molecule is CN(CCCN)C1CCN2CCC1C2. The Hall–Kier alpha value is -0.120. The van der Waals surface area contributed by atoms with Crippen LogP contribution >= 0.6 is 0 Å². The van der Waals surface area contributed by atoms with Crippen LogP contribution in [0.4, 0.5) is 0 Å². The van der Waals surface area contributed by atoms with Gasteiger partial charge in [0.1, 0.15) is 0 Å². The van der Waals surface area contributed by atoms with E-state index in [1.807, 2.05) is 0 Å². The number of hydrogen-bond acceptors (Lipinski definition) is 3. The van der Waals surface area contributed by atoms with E-state index in [-0.39, 0.29) is 0 Å². The fourth-order valence-electron chi connectivity index (χ4n) is 3.02. The molecule has 0 saturated carbocycles. The molecule has 3 heteroatoms. The van der Waals surface area contributed by atoms with Crippen LogP contribution in [0.3, 0.4) is 0 Å². The minimum atomic E-state index is 0.827. The minimum absolute atomic E-state index is 0.827. The second-order valence-electron chi connectivity index (χ2n) is 4.83. The van der Waals surface area contributed by atoms with Crippen molar-refractivity contribution >= 4 is 0 Å². The Morgan fingerprint density at radius 3 is 2.93 bits per heavy atom. The van der Waals surface area contributed by atoms with Gasteiger partial charge in [-0.2, -0.15) is 0 Å². The van der Waals surface area contributed by atoms with E-state index in [1.165, 1.54) is 39.0 Å². The van der Waals surface area contributed by atoms with Gasteiger partial charge in [0.25, 0.3) is 0 Å². The monoisotopic (exact) mass is 197 g/mol. The van der Waals surface area contributed by atoms with Gasteiger partial charge in [-0.15, -0.1) is 0 Å². The van der Waals surface area contributed by atoms with Crippen molar-refractivity contribution in [2.45, 2.75) is 25.3 Å². The van der Waals surface area contributed by atoms with Gasteiger partial charge >= 0.3 is 0 Å². The largest absolute Gasteiger partial charge is 0.330 e. The van der Waals surface area contributed by atoms with Crippen LogP contribution in [-0.2, 0) is 0 Å². The lowest BCUT2D eigenvalue weighted by atomic mass is 9.93. The van der Waals surface area contributed by atoms with Crippen molar-refractivity contribution < 1.29 is 0 Å². The predicted molar refractivity (Wildman–Crippen MR) is 59.3 cm³/mol. The highest BCUT2D eigenvalue weighted by Crippen LogP contribution is 2.29. The fourth-order valence-corrected chi connectivity index (χ4v) is 3.02. The second-order valence-corrected chi connectivity index (χ2v) is 4.83. The van der Waals surface area contributed by atoms with Crippen molar-refractivity contribution in [1.82, 2.24) is 9.80 Å². The van der Waals surface area contributed by atoms with Crippen molar-refractivity contribution in [1.29, 1.82) is 0 Å². The standard InChI is InChI=1S/C11H23N3/c1-13(6-2-5-12)11-4-8-14-7-3-10(11)9-14/h10-11H,2-9,12H2,1H3. The van der Waals surface area contributed by atoms with E-state index in [4.69, 9.17) is 5.73 Å². The van der Waals surface area contributed by atoms with Crippen LogP contribution in [-0.4, -0.2) is 55.6 Å². The first-order chi connectivity index (χ1) is 6.81. The molecule has 0 radical (unpaired) electrons. The molecular formula is C11H23N3. The summed E-state index contributed by atoms with van der Waals surface area (Å²) in [6.07, 6.45) is 3.92. The number of fused-ring (bicyclic) bond motifs is 2. The Bertz CT molecular complexity index is 183. The van der Waals surface area contributed by atoms with Gasteiger partial charge in [0.15, 0.2) is 0 Å². The summed E-state index contributed by atoms with van der Waals surface area (Å²) < 4.78 is 0. The summed E-state index contributed by atoms with van der Waals surface area (Å²) >= 11 is 0. The highest BCUT2D eigenvalue weighted by Gasteiger charge is 2.35. The molecule has 82 valence electrons. The van der Waals surface area contributed by atoms with Crippen molar-refractivity contribution in [2.75, 3.05) is 39.8 Å². The molecule has 14 heavy (non-hydrogen) atoms. The summed E-state index contributed by atoms with van der Waals surface area (Å²) in [5.41, 5.74) is 5.55. The Kier molecular flexibility index (Phi) is 3.42. The lowest BCUT2D eigenvalue weighted by Gasteiger charge is -2.36. The molecule has 2 aliphatic rings. The highest BCUT2D eigenvalue weighted by atomic mass is 15.2. The number of piperidine rings is 1. The van der Waals surface area contributed by atoms with Crippen LogP contribution in [0.25, 0.3) is 0 Å². The molecule has 0 aromatic carbocycles. The first-order valence-electron chi connectivity index (χ1n) is 5.94. The number of hydrogen-bond donors (Lipinski definition) is 1. The van der Waals surface area contributed by atoms with E-state index in [1.54, 1.807) is 0 Å². The summed E-state index contributed by atoms with van der Waals surface area (Å²) in [4.78, 5) is 5.15. The smallest absolute Gasteiger partial charge is 0.0145 e. The van der Waals surface area contributed by atoms with Gasteiger partial charge < -0.3 is 15.5 Å². The van der Waals surface area contributed by atoms with Gasteiger partial charge in [-0.25, -0.2) is 0 Å². The first-order valence-corrected chi connectivity index (χ1v) is 5.94. The van der Waals surface area contributed by atoms with Gasteiger partial charge in [-0.1, -0.05) is 0 Å². The van der Waals surface area contributed by atoms with E-state index < -0.39 is 0 Å². The quantitative estimate of drug-likeness (QED) is 0.706. The minimum Gasteiger partial charge on any atom is -0.330 e. The van der Waals surface area contributed by atoms with Gasteiger partial charge in [-0.05, 0) is 58.4 Å². The molecule has 0 aromatic rings. The van der Waals surface area contributed by atoms with Crippen LogP contribution in [0, 0.1) is 5.92 Å². The zero-order chi connectivity index (χ0) is 9.97. The average Bonchev–Trinajstić information content (AvgIpc) is 2.57. The Morgan fingerprint density at radius 1 is 1.36 bits per heavy atom. The first kappa shape index (κ1) is 10.4. The van der Waals surface area contributed by atoms with E-state index in [0.717, 1.165) is 24.9 Å². The van der Waals surface area contributed by atoms with Crippen LogP contribution in [0.5, 0.6) is 0 Å². The highest BCUT2D eigenvalue weighted by molar-refractivity contribution is 4.91. The number of nitrogens with two attached hydrogens (primary N) is 1. The van der Waals surface area contributed by atoms with Crippen molar-refractivity contribution in [3.63, 3.8) is 0 Å². The zero-order valence-corrected chi connectivity index (χ0v) is 9.28. The third-order valence-electron chi connectivity index (χ3n) is 3.88. The molecule has 2 rings (SSSR count). The number of rotatable bonds is 4. The Labute approximate surface area is 87.2 Å². The summed E-state index contributed by atoms with van der Waals surface area (Å²) in [5.74, 6) is 0.937. The Morgan fingerprint density at radius 2 is 2.14 bits per heavy atom. The maximum atomic E-state index is 5.55. The molecule has 2 bridgehead atoms. The van der Waals surface area contributed by atoms with Crippen LogP contribution in [0.1, 0.15) is 19.3 Å². The van der Waals surface area contributed by atoms with Gasteiger partial charge in [-0.3, -0.25) is 0 Å². The number of nitrogens with zero attached hydrogens (tertiary/aromatic N) is 2. The molecule has 2 N–H and O–H groups in total. The topological polar surface area (TPSA) is 32.5 Å². The van der Waals surface area contributed by atoms with E-state index >= 15 is 0 Å². The van der Waals surface area contributed by atoms with Crippen LogP contribution in [0.2, 0.25) is 0 Å². The van der Waals surface area contributed by atoms with Crippen molar-refractivity contribution in [3.05, 3.63) is 0 Å². The van der Waals surface area contributed by atoms with Crippen LogP contribution in [0.15, 0.2) is 0 Å². The average molecular weight is 197 g/mol. The maximum absolute atomic E-state index is 5.55. The third-order valence-corrected chi connectivity index (χ3v) is 3.88. The molecule has 2 heterocycles. The summed E-state index contributed by atoms with van der Waals surface area (Å²) in [6.45, 7) is 6.00. The molecular weight excluding hydrogens is 174 g/mol. The molecule has 0 aromatic heterocycles. The van der Waals surface area contributed by atoms with Crippen LogP contribution < -0.4 is 5.73 Å². The molecule has 2 fully saturated rings. The van der Waals surface area contributed by atoms with Crippen molar-refractivity contribution in [3.8, 4) is 0 Å². The predicted octanol–water partition coefficient (Wildman–Crippen LogP) is 0.361. The lowest BCUT2D eigenvalue weighted by Crippen LogP contribution is -2.45. The molecule has 3 nitrogen and oxygen atoms in total. The molecule has 0 amide bonds. The van der Waals surface area contributed by atoms with E-state index in [0.29, 0.717) is 0 Å². The molecule has 2 aliphatic heterocycles. The lowest BCUT2D eigenvalue weighted by molar-refractivity contribution is 0.122. The normalized spacial score (nSPS) is 36.6. The summed E-state index contributed by atoms with van der Waals surface area (Å²) in [6, 6.07) is 0.834. The van der Waals surface area contributed by atoms with Gasteiger partial charge in [0.2, 0.25) is 0 Å². The van der Waals surface area contributed by atoms with Crippen molar-refractivity contribution in [2.24, 2.45) is 11.7 Å². The zero-order valence-electron chi connectivity index (χ0n) is 9.28. The molecule has 3 unspecified atom stereocenters. The summed E-state index contributed by atoms with van der Waals surface area (Å²) in [7, 11) is 2.27. The van der Waals surface area contributed by atoms with E-state index in [9.17, 15) is 0 Å². The molecule has 0 aliphatic carbocycles. The Balaban J connectivity index is 1.84. The van der Waals surface area contributed by atoms with Gasteiger partial charge in [0, 0.05) is 12.6 Å². The second kappa shape index (κ2) is 4.60.